The SMILES string of the molecule is C=C1C[C@@]23CC[C@H](C)[C@@](C)(CCCCC(=O)O[C@@H]4O[C@H](CO)[C@@H](O)[C@H](O)[C@H]4O)[C@@H]2CC[C@]1(O[C@@H]1O[C@H](CO)[C@@H](O)[C@H](OC2C[C@H](CO)[C@@H](O)[C@H](O)[C@H]2O)[C@H]1OC1C[C@H](CO)[C@@H](O)[C@H](O)[C@H]1O)C3. The van der Waals surface area contributed by atoms with Crippen molar-refractivity contribution in [2.24, 2.45) is 34.5 Å². The van der Waals surface area contributed by atoms with E-state index in [4.69, 9.17) is 28.4 Å². The average molecular weight is 965 g/mol. The van der Waals surface area contributed by atoms with Crippen molar-refractivity contribution in [3.63, 3.8) is 0 Å². The Kier molecular flexibility index (Phi) is 16.9. The van der Waals surface area contributed by atoms with Crippen LogP contribution >= 0.6 is 0 Å². The summed E-state index contributed by atoms with van der Waals surface area (Å²) in [6, 6.07) is 0. The van der Waals surface area contributed by atoms with Crippen LogP contribution in [0.5, 0.6) is 0 Å². The molecule has 5 saturated carbocycles. The summed E-state index contributed by atoms with van der Waals surface area (Å²) < 4.78 is 36.9. The molecule has 2 unspecified atom stereocenters. The summed E-state index contributed by atoms with van der Waals surface area (Å²) in [7, 11) is 0. The number of hydrogen-bond acceptors (Lipinski definition) is 21. The second-order valence-corrected chi connectivity index (χ2v) is 21.2. The number of carbonyl (C=O) groups is 1. The van der Waals surface area contributed by atoms with Gasteiger partial charge in [0.25, 0.3) is 0 Å². The van der Waals surface area contributed by atoms with E-state index in [1.165, 1.54) is 0 Å². The van der Waals surface area contributed by atoms with E-state index in [0.717, 1.165) is 24.8 Å². The first kappa shape index (κ1) is 53.3. The van der Waals surface area contributed by atoms with Crippen molar-refractivity contribution in [1.82, 2.24) is 0 Å². The molecule has 0 aromatic carbocycles. The zero-order chi connectivity index (χ0) is 48.9. The first-order valence-electron chi connectivity index (χ1n) is 24.1. The fourth-order valence-electron chi connectivity index (χ4n) is 13.1. The van der Waals surface area contributed by atoms with Crippen LogP contribution in [0.25, 0.3) is 0 Å². The molecule has 1 spiro atoms. The largest absolute Gasteiger partial charge is 0.433 e. The van der Waals surface area contributed by atoms with Crippen molar-refractivity contribution in [3.8, 4) is 0 Å². The molecule has 21 heteroatoms. The summed E-state index contributed by atoms with van der Waals surface area (Å²) in [6.45, 7) is 6.59. The molecule has 0 amide bonds. The number of carbonyl (C=O) groups excluding carboxylic acids is 1. The van der Waals surface area contributed by atoms with Gasteiger partial charge in [0.15, 0.2) is 6.29 Å². The molecule has 5 aliphatic carbocycles. The molecule has 0 aromatic rings. The fourth-order valence-corrected chi connectivity index (χ4v) is 13.1. The van der Waals surface area contributed by atoms with Crippen molar-refractivity contribution in [1.29, 1.82) is 0 Å². The van der Waals surface area contributed by atoms with Gasteiger partial charge in [-0.1, -0.05) is 26.8 Å². The third kappa shape index (κ3) is 10.0. The number of rotatable bonds is 16. The van der Waals surface area contributed by atoms with Crippen molar-refractivity contribution in [2.45, 2.75) is 207 Å². The summed E-state index contributed by atoms with van der Waals surface area (Å²) in [5, 5.41) is 147. The molecular formula is C46H76O21. The third-order valence-electron chi connectivity index (χ3n) is 17.3. The highest BCUT2D eigenvalue weighted by atomic mass is 16.7. The Labute approximate surface area is 389 Å². The van der Waals surface area contributed by atoms with E-state index >= 15 is 0 Å². The molecule has 0 aromatic heterocycles. The average Bonchev–Trinajstić information content (AvgIpc) is 3.51. The minimum Gasteiger partial charge on any atom is -0.433 e. The van der Waals surface area contributed by atoms with Gasteiger partial charge in [0, 0.05) is 31.5 Å². The highest BCUT2D eigenvalue weighted by molar-refractivity contribution is 5.69. The lowest BCUT2D eigenvalue weighted by atomic mass is 9.47. The van der Waals surface area contributed by atoms with Crippen molar-refractivity contribution < 1.29 is 105 Å². The van der Waals surface area contributed by atoms with Crippen LogP contribution in [0.1, 0.15) is 90.9 Å². The van der Waals surface area contributed by atoms with Gasteiger partial charge in [-0.15, -0.1) is 0 Å². The number of aliphatic hydroxyl groups is 14. The van der Waals surface area contributed by atoms with Crippen molar-refractivity contribution in [2.75, 3.05) is 26.4 Å². The maximum atomic E-state index is 12.9. The Morgan fingerprint density at radius 1 is 0.657 bits per heavy atom. The van der Waals surface area contributed by atoms with Crippen LogP contribution in [0.15, 0.2) is 12.2 Å². The number of hydrogen-bond donors (Lipinski definition) is 14. The van der Waals surface area contributed by atoms with E-state index in [2.05, 4.69) is 20.4 Å². The Bertz CT molecular complexity index is 1670. The quantitative estimate of drug-likeness (QED) is 0.0310. The van der Waals surface area contributed by atoms with Crippen LogP contribution in [0, 0.1) is 34.5 Å². The number of ether oxygens (including phenoxy) is 6. The summed E-state index contributed by atoms with van der Waals surface area (Å²) in [5.41, 5.74) is -0.638. The molecule has 7 fully saturated rings. The third-order valence-corrected chi connectivity index (χ3v) is 17.3. The van der Waals surface area contributed by atoms with Crippen LogP contribution in [0.4, 0.5) is 0 Å². The van der Waals surface area contributed by atoms with Gasteiger partial charge in [-0.05, 0) is 92.4 Å². The highest BCUT2D eigenvalue weighted by Gasteiger charge is 2.66. The van der Waals surface area contributed by atoms with Gasteiger partial charge >= 0.3 is 5.97 Å². The van der Waals surface area contributed by atoms with Crippen LogP contribution < -0.4 is 0 Å². The van der Waals surface area contributed by atoms with E-state index in [9.17, 15) is 76.3 Å². The second-order valence-electron chi connectivity index (χ2n) is 21.2. The van der Waals surface area contributed by atoms with E-state index in [1.807, 2.05) is 0 Å². The first-order chi connectivity index (χ1) is 31.7. The first-order valence-corrected chi connectivity index (χ1v) is 24.1. The lowest BCUT2D eigenvalue weighted by molar-refractivity contribution is -0.358. The van der Waals surface area contributed by atoms with Gasteiger partial charge in [-0.2, -0.15) is 0 Å². The molecule has 67 heavy (non-hydrogen) atoms. The number of unbranched alkanes of at least 4 members (excludes halogenated alkanes) is 1. The van der Waals surface area contributed by atoms with Gasteiger partial charge in [0.1, 0.15) is 73.2 Å². The van der Waals surface area contributed by atoms with Crippen LogP contribution in [0.2, 0.25) is 0 Å². The molecule has 0 radical (unpaired) electrons. The summed E-state index contributed by atoms with van der Waals surface area (Å²) in [5.74, 6) is -1.97. The zero-order valence-corrected chi connectivity index (χ0v) is 38.3. The maximum absolute atomic E-state index is 12.9. The fraction of sp³-hybridized carbons (Fsp3) is 0.935. The van der Waals surface area contributed by atoms with Gasteiger partial charge in [0.2, 0.25) is 6.29 Å². The lowest BCUT2D eigenvalue weighted by Gasteiger charge is -2.59. The van der Waals surface area contributed by atoms with Crippen LogP contribution in [-0.4, -0.2) is 220 Å². The molecule has 2 heterocycles. The van der Waals surface area contributed by atoms with E-state index in [1.54, 1.807) is 0 Å². The molecule has 21 nitrogen and oxygen atoms in total. The topological polar surface area (TPSA) is 356 Å². The van der Waals surface area contributed by atoms with Gasteiger partial charge < -0.3 is 99.9 Å². The van der Waals surface area contributed by atoms with Crippen LogP contribution in [0.3, 0.4) is 0 Å². The standard InChI is InChI=1S/C46H76O21/c1-20-7-10-45-14-21(2)46(19-45,11-8-28(45)44(20,3)9-5-4-6-29(51)66-42-39(61)38(60)34(56)26(17-49)64-42)67-43-41(63-25-13-23(16-48)31(53)37(59)33(25)55)40(35(57)27(18-50)65-43)62-24-12-22(15-47)30(52)36(58)32(24)54/h20,22-28,30-43,47-50,52-61H,2,4-19H2,1,3H3/t20-,22+,23+,24?,25?,26+,27+,28-,30+,31+,32-,33-,34+,35+,36-,37-,38-,39+,40-,41+,42-,43-,44+,45+,46-/m0/s1. The minimum absolute atomic E-state index is 0.00422. The minimum atomic E-state index is -1.73. The zero-order valence-electron chi connectivity index (χ0n) is 38.3. The van der Waals surface area contributed by atoms with Gasteiger partial charge in [0.05, 0.1) is 43.2 Å². The Morgan fingerprint density at radius 2 is 1.21 bits per heavy atom. The van der Waals surface area contributed by atoms with E-state index < -0.39 is 160 Å². The smallest absolute Gasteiger partial charge is 0.308 e. The summed E-state index contributed by atoms with van der Waals surface area (Å²) in [6.07, 6.45) is -21.8. The predicted molar refractivity (Wildman–Crippen MR) is 228 cm³/mol. The van der Waals surface area contributed by atoms with Crippen LogP contribution in [-0.2, 0) is 33.2 Å². The predicted octanol–water partition coefficient (Wildman–Crippen LogP) is -3.40. The molecular weight excluding hydrogens is 888 g/mol. The summed E-state index contributed by atoms with van der Waals surface area (Å²) in [4.78, 5) is 12.9. The molecule has 2 saturated heterocycles. The number of fused-ring (bicyclic) bond motifs is 1. The molecule has 7 rings (SSSR count). The highest BCUT2D eigenvalue weighted by Crippen LogP contribution is 2.70. The molecule has 2 aliphatic heterocycles. The second kappa shape index (κ2) is 21.3. The van der Waals surface area contributed by atoms with Crippen molar-refractivity contribution in [3.05, 3.63) is 12.2 Å². The Hall–Kier alpha value is -1.55. The van der Waals surface area contributed by atoms with Gasteiger partial charge in [-0.3, -0.25) is 4.79 Å². The molecule has 14 N–H and O–H groups in total. The molecule has 2 bridgehead atoms. The monoisotopic (exact) mass is 964 g/mol. The summed E-state index contributed by atoms with van der Waals surface area (Å²) >= 11 is 0. The van der Waals surface area contributed by atoms with E-state index in [0.29, 0.717) is 44.4 Å². The Morgan fingerprint density at radius 3 is 1.79 bits per heavy atom. The lowest BCUT2D eigenvalue weighted by Crippen LogP contribution is -2.66. The Balaban J connectivity index is 1.09. The van der Waals surface area contributed by atoms with E-state index in [-0.39, 0.29) is 36.0 Å². The molecule has 25 atom stereocenters. The molecule has 7 aliphatic rings. The van der Waals surface area contributed by atoms with Gasteiger partial charge in [-0.25, -0.2) is 0 Å². The van der Waals surface area contributed by atoms with Crippen molar-refractivity contribution >= 4 is 5.97 Å². The normalized spacial score (nSPS) is 51.3. The molecule has 386 valence electrons. The number of esters is 1. The maximum Gasteiger partial charge on any atom is 0.308 e. The number of aliphatic hydroxyl groups excluding tert-OH is 14.